The molecule has 0 atom stereocenters. The van der Waals surface area contributed by atoms with Crippen molar-refractivity contribution in [3.05, 3.63) is 60.2 Å². The van der Waals surface area contributed by atoms with Gasteiger partial charge in [-0.25, -0.2) is 0 Å². The van der Waals surface area contributed by atoms with E-state index in [4.69, 9.17) is 18.9 Å². The summed E-state index contributed by atoms with van der Waals surface area (Å²) in [5.41, 5.74) is 1.58. The third-order valence-corrected chi connectivity index (χ3v) is 3.92. The second-order valence-electron chi connectivity index (χ2n) is 5.66. The zero-order valence-corrected chi connectivity index (χ0v) is 14.6. The maximum absolute atomic E-state index is 12.3. The van der Waals surface area contributed by atoms with Crippen LogP contribution in [-0.2, 0) is 6.42 Å². The zero-order chi connectivity index (χ0) is 18.4. The molecule has 0 fully saturated rings. The number of ether oxygens (including phenoxy) is 4. The van der Waals surface area contributed by atoms with Gasteiger partial charge in [0.05, 0.1) is 7.11 Å². The normalized spacial score (nSPS) is 11.7. The van der Waals surface area contributed by atoms with E-state index < -0.39 is 0 Å². The van der Waals surface area contributed by atoms with Crippen LogP contribution in [0.1, 0.15) is 15.9 Å². The first-order chi connectivity index (χ1) is 12.7. The fourth-order valence-corrected chi connectivity index (χ4v) is 2.60. The van der Waals surface area contributed by atoms with Gasteiger partial charge < -0.3 is 24.3 Å². The lowest BCUT2D eigenvalue weighted by Gasteiger charge is -2.11. The van der Waals surface area contributed by atoms with Gasteiger partial charge in [0.25, 0.3) is 5.91 Å². The highest BCUT2D eigenvalue weighted by Crippen LogP contribution is 2.32. The summed E-state index contributed by atoms with van der Waals surface area (Å²) in [7, 11) is 1.54. The fourth-order valence-electron chi connectivity index (χ4n) is 2.60. The molecule has 0 saturated heterocycles. The lowest BCUT2D eigenvalue weighted by molar-refractivity contribution is 0.0953. The molecule has 1 aliphatic heterocycles. The fraction of sp³-hybridized carbons (Fsp3) is 0.250. The van der Waals surface area contributed by atoms with E-state index in [9.17, 15) is 4.79 Å². The number of nitrogens with one attached hydrogen (secondary N) is 1. The monoisotopic (exact) mass is 355 g/mol. The minimum Gasteiger partial charge on any atom is -0.493 e. The van der Waals surface area contributed by atoms with Crippen LogP contribution in [0.3, 0.4) is 0 Å². The molecule has 136 valence electrons. The molecule has 0 unspecified atom stereocenters. The van der Waals surface area contributed by atoms with Gasteiger partial charge in [0, 0.05) is 12.1 Å². The van der Waals surface area contributed by atoms with Crippen molar-refractivity contribution in [2.24, 2.45) is 0 Å². The van der Waals surface area contributed by atoms with Crippen molar-refractivity contribution in [3.63, 3.8) is 0 Å². The number of rotatable bonds is 8. The van der Waals surface area contributed by atoms with Crippen molar-refractivity contribution in [2.75, 3.05) is 27.1 Å². The number of benzene rings is 2. The molecule has 1 aliphatic rings. The molecule has 0 spiro atoms. The Hall–Kier alpha value is -3.15. The number of methoxy groups -OCH3 is 1. The summed E-state index contributed by atoms with van der Waals surface area (Å²) in [5.74, 6) is 2.41. The molecule has 2 aromatic rings. The van der Waals surface area contributed by atoms with Crippen LogP contribution in [0.5, 0.6) is 23.0 Å². The first-order valence-electron chi connectivity index (χ1n) is 8.29. The van der Waals surface area contributed by atoms with Crippen LogP contribution in [0.25, 0.3) is 0 Å². The maximum atomic E-state index is 12.3. The van der Waals surface area contributed by atoms with E-state index in [-0.39, 0.29) is 12.7 Å². The Morgan fingerprint density at radius 1 is 1.19 bits per heavy atom. The molecule has 2 aromatic carbocycles. The third-order valence-electron chi connectivity index (χ3n) is 3.92. The molecule has 0 aromatic heterocycles. The number of hydrogen-bond acceptors (Lipinski definition) is 5. The SMILES string of the molecule is C=CCOc1ccc(C(=O)NCCc2ccc3c(c2)OCO3)cc1OC. The summed E-state index contributed by atoms with van der Waals surface area (Å²) in [6.07, 6.45) is 2.34. The summed E-state index contributed by atoms with van der Waals surface area (Å²) < 4.78 is 21.4. The van der Waals surface area contributed by atoms with Gasteiger partial charge in [-0.15, -0.1) is 0 Å². The van der Waals surface area contributed by atoms with Gasteiger partial charge in [-0.1, -0.05) is 18.7 Å². The first kappa shape index (κ1) is 17.7. The Bertz CT molecular complexity index is 803. The van der Waals surface area contributed by atoms with Crippen LogP contribution in [0, 0.1) is 0 Å². The maximum Gasteiger partial charge on any atom is 0.251 e. The standard InChI is InChI=1S/C20H21NO5/c1-3-10-24-16-7-5-15(12-18(16)23-2)20(22)21-9-8-14-4-6-17-19(11-14)26-13-25-17/h3-7,11-12H,1,8-10,13H2,2H3,(H,21,22). The van der Waals surface area contributed by atoms with Crippen LogP contribution in [0.4, 0.5) is 0 Å². The van der Waals surface area contributed by atoms with E-state index in [2.05, 4.69) is 11.9 Å². The third kappa shape index (κ3) is 4.08. The van der Waals surface area contributed by atoms with E-state index >= 15 is 0 Å². The van der Waals surface area contributed by atoms with E-state index in [0.29, 0.717) is 36.6 Å². The van der Waals surface area contributed by atoms with Crippen molar-refractivity contribution < 1.29 is 23.7 Å². The average Bonchev–Trinajstić information content (AvgIpc) is 3.14. The molecule has 26 heavy (non-hydrogen) atoms. The molecule has 1 N–H and O–H groups in total. The van der Waals surface area contributed by atoms with Crippen molar-refractivity contribution in [1.29, 1.82) is 0 Å². The molecular weight excluding hydrogens is 334 g/mol. The summed E-state index contributed by atoms with van der Waals surface area (Å²) >= 11 is 0. The minimum atomic E-state index is -0.167. The smallest absolute Gasteiger partial charge is 0.251 e. The van der Waals surface area contributed by atoms with Crippen LogP contribution < -0.4 is 24.3 Å². The second-order valence-corrected chi connectivity index (χ2v) is 5.66. The zero-order valence-electron chi connectivity index (χ0n) is 14.6. The molecule has 6 nitrogen and oxygen atoms in total. The molecule has 0 radical (unpaired) electrons. The number of amides is 1. The van der Waals surface area contributed by atoms with E-state index in [0.717, 1.165) is 17.1 Å². The predicted molar refractivity (Wildman–Crippen MR) is 97.3 cm³/mol. The van der Waals surface area contributed by atoms with Crippen LogP contribution >= 0.6 is 0 Å². The largest absolute Gasteiger partial charge is 0.493 e. The minimum absolute atomic E-state index is 0.167. The van der Waals surface area contributed by atoms with Gasteiger partial charge in [-0.2, -0.15) is 0 Å². The number of hydrogen-bond donors (Lipinski definition) is 1. The molecule has 0 bridgehead atoms. The van der Waals surface area contributed by atoms with Gasteiger partial charge in [-0.3, -0.25) is 4.79 Å². The highest BCUT2D eigenvalue weighted by Gasteiger charge is 2.14. The molecule has 3 rings (SSSR count). The Kier molecular flexibility index (Phi) is 5.63. The summed E-state index contributed by atoms with van der Waals surface area (Å²) in [4.78, 5) is 12.3. The Labute approximate surface area is 152 Å². The van der Waals surface area contributed by atoms with Crippen molar-refractivity contribution >= 4 is 5.91 Å². The highest BCUT2D eigenvalue weighted by atomic mass is 16.7. The topological polar surface area (TPSA) is 66.0 Å². The van der Waals surface area contributed by atoms with Crippen molar-refractivity contribution in [3.8, 4) is 23.0 Å². The average molecular weight is 355 g/mol. The molecule has 6 heteroatoms. The summed E-state index contributed by atoms with van der Waals surface area (Å²) in [6, 6.07) is 10.9. The van der Waals surface area contributed by atoms with Crippen LogP contribution in [0.2, 0.25) is 0 Å². The molecule has 0 aliphatic carbocycles. The number of carbonyl (C=O) groups excluding carboxylic acids is 1. The van der Waals surface area contributed by atoms with Crippen molar-refractivity contribution in [1.82, 2.24) is 5.32 Å². The van der Waals surface area contributed by atoms with E-state index in [1.807, 2.05) is 18.2 Å². The van der Waals surface area contributed by atoms with Gasteiger partial charge in [-0.05, 0) is 42.3 Å². The lowest BCUT2D eigenvalue weighted by atomic mass is 10.1. The summed E-state index contributed by atoms with van der Waals surface area (Å²) in [6.45, 7) is 4.75. The van der Waals surface area contributed by atoms with Gasteiger partial charge in [0.15, 0.2) is 23.0 Å². The van der Waals surface area contributed by atoms with Gasteiger partial charge in [0.1, 0.15) is 6.61 Å². The Balaban J connectivity index is 1.57. The van der Waals surface area contributed by atoms with E-state index in [1.165, 1.54) is 7.11 Å². The number of carbonyl (C=O) groups is 1. The van der Waals surface area contributed by atoms with Crippen LogP contribution in [-0.4, -0.2) is 33.0 Å². The predicted octanol–water partition coefficient (Wildman–Crippen LogP) is 2.96. The first-order valence-corrected chi connectivity index (χ1v) is 8.29. The van der Waals surface area contributed by atoms with E-state index in [1.54, 1.807) is 24.3 Å². The highest BCUT2D eigenvalue weighted by molar-refractivity contribution is 5.94. The lowest BCUT2D eigenvalue weighted by Crippen LogP contribution is -2.25. The van der Waals surface area contributed by atoms with Crippen molar-refractivity contribution in [2.45, 2.75) is 6.42 Å². The van der Waals surface area contributed by atoms with Crippen LogP contribution in [0.15, 0.2) is 49.1 Å². The number of fused-ring (bicyclic) bond motifs is 1. The molecular formula is C20H21NO5. The molecule has 1 heterocycles. The summed E-state index contributed by atoms with van der Waals surface area (Å²) in [5, 5.41) is 2.91. The van der Waals surface area contributed by atoms with Gasteiger partial charge in [0.2, 0.25) is 6.79 Å². The second kappa shape index (κ2) is 8.29. The quantitative estimate of drug-likeness (QED) is 0.738. The van der Waals surface area contributed by atoms with Gasteiger partial charge >= 0.3 is 0 Å². The molecule has 1 amide bonds. The Morgan fingerprint density at radius 2 is 2.04 bits per heavy atom. The molecule has 0 saturated carbocycles. The Morgan fingerprint density at radius 3 is 2.85 bits per heavy atom.